The lowest BCUT2D eigenvalue weighted by atomic mass is 9.85. The van der Waals surface area contributed by atoms with Crippen molar-refractivity contribution in [2.45, 2.75) is 51.0 Å². The summed E-state index contributed by atoms with van der Waals surface area (Å²) in [5, 5.41) is 4.43. The van der Waals surface area contributed by atoms with Crippen molar-refractivity contribution in [3.05, 3.63) is 40.7 Å². The number of fused-ring (bicyclic) bond motifs is 2. The first-order chi connectivity index (χ1) is 14.0. The summed E-state index contributed by atoms with van der Waals surface area (Å²) >= 11 is 1.62. The Morgan fingerprint density at radius 2 is 1.93 bits per heavy atom. The normalized spacial score (nSPS) is 20.2. The molecule has 9 heteroatoms. The molecule has 4 heterocycles. The molecule has 2 N–H and O–H groups in total. The fourth-order valence-corrected chi connectivity index (χ4v) is 5.12. The molecule has 29 heavy (non-hydrogen) atoms. The monoisotopic (exact) mass is 414 g/mol. The van der Waals surface area contributed by atoms with Gasteiger partial charge in [-0.1, -0.05) is 0 Å². The Morgan fingerprint density at radius 3 is 2.69 bits per heavy atom. The fourth-order valence-electron chi connectivity index (χ4n) is 3.96. The summed E-state index contributed by atoms with van der Waals surface area (Å²) in [6.45, 7) is 1.75. The third-order valence-electron chi connectivity index (χ3n) is 5.51. The molecule has 150 valence electrons. The number of nitrogens with zero attached hydrogens (tertiary/aromatic N) is 5. The molecule has 1 aliphatic carbocycles. The van der Waals surface area contributed by atoms with Crippen LogP contribution in [0.1, 0.15) is 54.2 Å². The number of alkyl halides is 2. The molecule has 0 aromatic carbocycles. The van der Waals surface area contributed by atoms with Crippen LogP contribution in [-0.2, 0) is 0 Å². The minimum atomic E-state index is -2.65. The van der Waals surface area contributed by atoms with Gasteiger partial charge >= 0.3 is 0 Å². The van der Waals surface area contributed by atoms with E-state index in [1.54, 1.807) is 30.7 Å². The first kappa shape index (κ1) is 18.5. The van der Waals surface area contributed by atoms with Gasteiger partial charge in [-0.25, -0.2) is 23.3 Å². The zero-order valence-corrected chi connectivity index (χ0v) is 16.7. The van der Waals surface area contributed by atoms with Crippen molar-refractivity contribution >= 4 is 27.3 Å². The van der Waals surface area contributed by atoms with Crippen molar-refractivity contribution in [2.75, 3.05) is 0 Å². The largest absolute Gasteiger partial charge is 0.328 e. The maximum Gasteiger partial charge on any atom is 0.267 e. The van der Waals surface area contributed by atoms with E-state index in [-0.39, 0.29) is 11.2 Å². The quantitative estimate of drug-likeness (QED) is 0.528. The molecular weight excluding hydrogens is 394 g/mol. The van der Waals surface area contributed by atoms with Crippen LogP contribution in [0.3, 0.4) is 0 Å². The molecule has 0 bridgehead atoms. The van der Waals surface area contributed by atoms with E-state index in [0.29, 0.717) is 29.0 Å². The summed E-state index contributed by atoms with van der Waals surface area (Å²) in [6, 6.07) is 3.76. The van der Waals surface area contributed by atoms with Gasteiger partial charge in [0.1, 0.15) is 21.7 Å². The van der Waals surface area contributed by atoms with Crippen LogP contribution in [0.2, 0.25) is 0 Å². The number of aryl methyl sites for hydroxylation is 1. The Morgan fingerprint density at radius 1 is 1.14 bits per heavy atom. The van der Waals surface area contributed by atoms with Gasteiger partial charge in [-0.3, -0.25) is 4.98 Å². The average molecular weight is 414 g/mol. The van der Waals surface area contributed by atoms with Crippen LogP contribution in [-0.4, -0.2) is 30.6 Å². The number of hydrogen-bond acceptors (Lipinski definition) is 6. The Bertz CT molecular complexity index is 1190. The van der Waals surface area contributed by atoms with Crippen molar-refractivity contribution in [3.8, 4) is 11.4 Å². The van der Waals surface area contributed by atoms with E-state index in [0.717, 1.165) is 36.0 Å². The lowest BCUT2D eigenvalue weighted by molar-refractivity contribution is 0.152. The predicted octanol–water partition coefficient (Wildman–Crippen LogP) is 4.63. The molecule has 1 saturated carbocycles. The van der Waals surface area contributed by atoms with Gasteiger partial charge in [-0.2, -0.15) is 5.10 Å². The van der Waals surface area contributed by atoms with Gasteiger partial charge in [0, 0.05) is 10.9 Å². The molecule has 0 aliphatic heterocycles. The standard InChI is InChI=1S/C20H20F2N6S/c1-10-9-28-19(25-10)13(18(21)22)6-14(27-28)16-8-24-15-7-17(29-20(15)26-16)11-2-4-12(23)5-3-11/h6-9,11-12,18H,2-5,23H2,1H3. The summed E-state index contributed by atoms with van der Waals surface area (Å²) in [7, 11) is 0. The molecule has 0 amide bonds. The summed E-state index contributed by atoms with van der Waals surface area (Å²) < 4.78 is 28.5. The van der Waals surface area contributed by atoms with Crippen molar-refractivity contribution in [3.63, 3.8) is 0 Å². The Labute approximate surface area is 169 Å². The highest BCUT2D eigenvalue weighted by molar-refractivity contribution is 7.18. The van der Waals surface area contributed by atoms with Crippen LogP contribution in [0.25, 0.3) is 27.4 Å². The van der Waals surface area contributed by atoms with Crippen LogP contribution in [0, 0.1) is 6.92 Å². The van der Waals surface area contributed by atoms with Crippen molar-refractivity contribution < 1.29 is 8.78 Å². The second kappa shape index (κ2) is 7.07. The number of nitrogens with two attached hydrogens (primary N) is 1. The van der Waals surface area contributed by atoms with Crippen LogP contribution >= 0.6 is 11.3 Å². The molecule has 0 radical (unpaired) electrons. The van der Waals surface area contributed by atoms with E-state index in [4.69, 9.17) is 5.73 Å². The minimum absolute atomic E-state index is 0.157. The smallest absolute Gasteiger partial charge is 0.267 e. The van der Waals surface area contributed by atoms with Gasteiger partial charge in [0.2, 0.25) is 0 Å². The molecule has 1 fully saturated rings. The van der Waals surface area contributed by atoms with Crippen LogP contribution in [0.5, 0.6) is 0 Å². The average Bonchev–Trinajstić information content (AvgIpc) is 3.29. The molecular formula is C20H20F2N6S. The number of halogens is 2. The van der Waals surface area contributed by atoms with Crippen LogP contribution in [0.15, 0.2) is 24.5 Å². The van der Waals surface area contributed by atoms with Crippen molar-refractivity contribution in [2.24, 2.45) is 5.73 Å². The van der Waals surface area contributed by atoms with Gasteiger partial charge in [0.15, 0.2) is 5.65 Å². The van der Waals surface area contributed by atoms with Gasteiger partial charge in [0.25, 0.3) is 6.43 Å². The van der Waals surface area contributed by atoms with Crippen molar-refractivity contribution in [1.82, 2.24) is 24.6 Å². The highest BCUT2D eigenvalue weighted by Gasteiger charge is 2.23. The minimum Gasteiger partial charge on any atom is -0.328 e. The lowest BCUT2D eigenvalue weighted by Gasteiger charge is -2.24. The topological polar surface area (TPSA) is 82.0 Å². The van der Waals surface area contributed by atoms with E-state index in [1.807, 2.05) is 0 Å². The molecule has 6 nitrogen and oxygen atoms in total. The Hall–Kier alpha value is -2.52. The third kappa shape index (κ3) is 3.38. The summed E-state index contributed by atoms with van der Waals surface area (Å²) in [5.41, 5.74) is 8.34. The van der Waals surface area contributed by atoms with Gasteiger partial charge < -0.3 is 5.73 Å². The number of rotatable bonds is 3. The molecule has 0 spiro atoms. The predicted molar refractivity (Wildman–Crippen MR) is 108 cm³/mol. The SMILES string of the molecule is Cc1cn2nc(-c3cnc4cc(C5CCC(N)CC5)sc4n3)cc(C(F)F)c2n1. The molecule has 4 aromatic heterocycles. The van der Waals surface area contributed by atoms with E-state index < -0.39 is 6.43 Å². The summed E-state index contributed by atoms with van der Waals surface area (Å²) in [6.07, 6.45) is 4.82. The Kier molecular flexibility index (Phi) is 4.51. The third-order valence-corrected chi connectivity index (χ3v) is 6.69. The molecule has 1 aliphatic rings. The van der Waals surface area contributed by atoms with Crippen LogP contribution < -0.4 is 5.73 Å². The molecule has 4 aromatic rings. The second-order valence-electron chi connectivity index (χ2n) is 7.64. The lowest BCUT2D eigenvalue weighted by Crippen LogP contribution is -2.25. The highest BCUT2D eigenvalue weighted by Crippen LogP contribution is 2.38. The van der Waals surface area contributed by atoms with Gasteiger partial charge in [-0.15, -0.1) is 11.3 Å². The van der Waals surface area contributed by atoms with E-state index >= 15 is 0 Å². The number of hydrogen-bond donors (Lipinski definition) is 1. The molecule has 5 rings (SSSR count). The zero-order valence-electron chi connectivity index (χ0n) is 15.8. The van der Waals surface area contributed by atoms with Gasteiger partial charge in [-0.05, 0) is 50.7 Å². The fraction of sp³-hybridized carbons (Fsp3) is 0.400. The summed E-state index contributed by atoms with van der Waals surface area (Å²) in [4.78, 5) is 15.4. The highest BCUT2D eigenvalue weighted by atomic mass is 32.1. The van der Waals surface area contributed by atoms with E-state index in [2.05, 4.69) is 26.1 Å². The summed E-state index contributed by atoms with van der Waals surface area (Å²) in [5.74, 6) is 0.494. The van der Waals surface area contributed by atoms with Crippen molar-refractivity contribution in [1.29, 1.82) is 0 Å². The maximum atomic E-state index is 13.6. The molecule has 0 unspecified atom stereocenters. The van der Waals surface area contributed by atoms with E-state index in [9.17, 15) is 8.78 Å². The number of aromatic nitrogens is 5. The van der Waals surface area contributed by atoms with Gasteiger partial charge in [0.05, 0.1) is 23.7 Å². The van der Waals surface area contributed by atoms with Crippen LogP contribution in [0.4, 0.5) is 8.78 Å². The second-order valence-corrected chi connectivity index (χ2v) is 8.70. The Balaban J connectivity index is 1.55. The van der Waals surface area contributed by atoms with E-state index in [1.165, 1.54) is 15.5 Å². The first-order valence-electron chi connectivity index (χ1n) is 9.65. The first-order valence-corrected chi connectivity index (χ1v) is 10.5. The number of thiophene rings is 1. The number of imidazole rings is 1. The molecule has 0 atom stereocenters. The zero-order chi connectivity index (χ0) is 20.1. The molecule has 0 saturated heterocycles. The maximum absolute atomic E-state index is 13.6.